The van der Waals surface area contributed by atoms with Crippen molar-refractivity contribution < 1.29 is 9.18 Å². The predicted octanol–water partition coefficient (Wildman–Crippen LogP) is 3.38. The number of hydrogen-bond acceptors (Lipinski definition) is 7. The van der Waals surface area contributed by atoms with Crippen LogP contribution in [0.1, 0.15) is 47.3 Å². The van der Waals surface area contributed by atoms with Gasteiger partial charge in [-0.15, -0.1) is 0 Å². The van der Waals surface area contributed by atoms with Crippen molar-refractivity contribution in [2.45, 2.75) is 45.4 Å². The number of aryl methyl sites for hydroxylation is 1. The second-order valence-corrected chi connectivity index (χ2v) is 9.87. The van der Waals surface area contributed by atoms with Crippen molar-refractivity contribution in [3.05, 3.63) is 104 Å². The number of nitrogens with one attached hydrogen (secondary N) is 3. The molecule has 1 amide bonds. The van der Waals surface area contributed by atoms with E-state index in [1.165, 1.54) is 12.3 Å². The lowest BCUT2D eigenvalue weighted by molar-refractivity contribution is 0.0950. The van der Waals surface area contributed by atoms with Crippen LogP contribution in [0, 0.1) is 5.95 Å². The second kappa shape index (κ2) is 10.8. The van der Waals surface area contributed by atoms with E-state index in [4.69, 9.17) is 0 Å². The quantitative estimate of drug-likeness (QED) is 0.237. The maximum absolute atomic E-state index is 12.9. The minimum Gasteiger partial charge on any atom is -0.366 e. The molecule has 1 aliphatic carbocycles. The largest absolute Gasteiger partial charge is 0.366 e. The minimum atomic E-state index is -0.631. The van der Waals surface area contributed by atoms with Gasteiger partial charge in [0.05, 0.1) is 5.56 Å². The third-order valence-corrected chi connectivity index (χ3v) is 7.01. The normalized spacial score (nSPS) is 12.9. The van der Waals surface area contributed by atoms with Crippen LogP contribution in [0.4, 0.5) is 10.2 Å². The molecule has 0 aliphatic heterocycles. The molecule has 41 heavy (non-hydrogen) atoms. The van der Waals surface area contributed by atoms with Crippen LogP contribution >= 0.6 is 0 Å². The molecule has 3 N–H and O–H groups in total. The number of aromatic nitrogens is 6. The molecule has 4 aromatic heterocycles. The monoisotopic (exact) mass is 554 g/mol. The first-order valence-electron chi connectivity index (χ1n) is 13.3. The number of fused-ring (bicyclic) bond motifs is 1. The van der Waals surface area contributed by atoms with Gasteiger partial charge in [-0.1, -0.05) is 24.3 Å². The van der Waals surface area contributed by atoms with Gasteiger partial charge in [-0.25, -0.2) is 19.7 Å². The number of H-pyrrole nitrogens is 1. The summed E-state index contributed by atoms with van der Waals surface area (Å²) in [6, 6.07) is 14.3. The molecule has 0 saturated heterocycles. The van der Waals surface area contributed by atoms with Gasteiger partial charge in [-0.2, -0.15) is 4.39 Å². The fraction of sp³-hybridized carbons (Fsp3) is 0.241. The number of imidazole rings is 1. The van der Waals surface area contributed by atoms with E-state index in [-0.39, 0.29) is 17.5 Å². The Morgan fingerprint density at radius 3 is 2.39 bits per heavy atom. The topological polar surface area (TPSA) is 140 Å². The van der Waals surface area contributed by atoms with Gasteiger partial charge in [0.1, 0.15) is 11.6 Å². The Labute approximate surface area is 233 Å². The molecule has 0 bridgehead atoms. The summed E-state index contributed by atoms with van der Waals surface area (Å²) < 4.78 is 16.5. The zero-order valence-electron chi connectivity index (χ0n) is 22.2. The van der Waals surface area contributed by atoms with E-state index in [0.29, 0.717) is 42.5 Å². The van der Waals surface area contributed by atoms with Gasteiger partial charge >= 0.3 is 5.69 Å². The fourth-order valence-corrected chi connectivity index (χ4v) is 4.72. The van der Waals surface area contributed by atoms with Crippen LogP contribution in [-0.4, -0.2) is 35.0 Å². The number of anilines is 1. The third-order valence-electron chi connectivity index (χ3n) is 7.01. The molecule has 0 radical (unpaired) electrons. The number of halogens is 1. The zero-order valence-corrected chi connectivity index (χ0v) is 22.2. The lowest BCUT2D eigenvalue weighted by Crippen LogP contribution is -2.30. The predicted molar refractivity (Wildman–Crippen MR) is 151 cm³/mol. The Morgan fingerprint density at radius 1 is 1.00 bits per heavy atom. The molecule has 1 fully saturated rings. The van der Waals surface area contributed by atoms with Crippen LogP contribution in [0.15, 0.2) is 70.5 Å². The molecule has 4 heterocycles. The Hall–Kier alpha value is -5.13. The number of carbonyl (C=O) groups excluding carboxylic acids is 1. The summed E-state index contributed by atoms with van der Waals surface area (Å²) in [5, 5.41) is 6.10. The van der Waals surface area contributed by atoms with Crippen molar-refractivity contribution in [3.63, 3.8) is 0 Å². The molecule has 1 aliphatic rings. The van der Waals surface area contributed by atoms with Gasteiger partial charge in [0.15, 0.2) is 11.2 Å². The molecule has 0 unspecified atom stereocenters. The molecular weight excluding hydrogens is 527 g/mol. The number of hydrogen-bond donors (Lipinski definition) is 3. The standard InChI is InChI=1S/C29H27FN8O3/c1-2-37-28-24(27(40)36-29(37)41)35-25(38(28)21-9-10-21)19-8-12-23(33-15-19)32-13-17-3-5-18(6-4-17)14-34-26(39)20-7-11-22(30)31-16-20/h3-8,11-12,15-16,21H,2,9-10,13-14H2,1H3,(H,32,33)(H,34,39)(H,36,40,41). The van der Waals surface area contributed by atoms with E-state index in [0.717, 1.165) is 35.6 Å². The van der Waals surface area contributed by atoms with Gasteiger partial charge in [0, 0.05) is 43.6 Å². The molecule has 1 aromatic carbocycles. The first kappa shape index (κ1) is 26.1. The number of nitrogens with zero attached hydrogens (tertiary/aromatic N) is 5. The Morgan fingerprint density at radius 2 is 1.76 bits per heavy atom. The Kier molecular flexibility index (Phi) is 6.88. The van der Waals surface area contributed by atoms with E-state index in [2.05, 4.69) is 30.6 Å². The maximum Gasteiger partial charge on any atom is 0.330 e. The molecule has 11 nitrogen and oxygen atoms in total. The lowest BCUT2D eigenvalue weighted by atomic mass is 10.1. The van der Waals surface area contributed by atoms with Crippen LogP contribution in [0.3, 0.4) is 0 Å². The molecule has 208 valence electrons. The maximum atomic E-state index is 12.9. The zero-order chi connectivity index (χ0) is 28.5. The van der Waals surface area contributed by atoms with Gasteiger partial charge in [0.25, 0.3) is 11.5 Å². The highest BCUT2D eigenvalue weighted by atomic mass is 19.1. The molecule has 12 heteroatoms. The minimum absolute atomic E-state index is 0.197. The summed E-state index contributed by atoms with van der Waals surface area (Å²) in [5.74, 6) is 0.347. The first-order valence-corrected chi connectivity index (χ1v) is 13.3. The average molecular weight is 555 g/mol. The highest BCUT2D eigenvalue weighted by molar-refractivity contribution is 5.93. The summed E-state index contributed by atoms with van der Waals surface area (Å²) in [6.45, 7) is 3.16. The van der Waals surface area contributed by atoms with Gasteiger partial charge < -0.3 is 15.2 Å². The van der Waals surface area contributed by atoms with E-state index < -0.39 is 17.2 Å². The second-order valence-electron chi connectivity index (χ2n) is 9.87. The highest BCUT2D eigenvalue weighted by Crippen LogP contribution is 2.40. The van der Waals surface area contributed by atoms with E-state index in [9.17, 15) is 18.8 Å². The number of rotatable bonds is 9. The van der Waals surface area contributed by atoms with E-state index >= 15 is 0 Å². The molecule has 1 saturated carbocycles. The van der Waals surface area contributed by atoms with Crippen molar-refractivity contribution in [2.24, 2.45) is 0 Å². The van der Waals surface area contributed by atoms with Gasteiger partial charge in [0.2, 0.25) is 5.95 Å². The first-order chi connectivity index (χ1) is 19.9. The number of amides is 1. The van der Waals surface area contributed by atoms with Crippen molar-refractivity contribution >= 4 is 22.9 Å². The van der Waals surface area contributed by atoms with E-state index in [1.54, 1.807) is 10.8 Å². The van der Waals surface area contributed by atoms with Crippen LogP contribution in [0.25, 0.3) is 22.6 Å². The van der Waals surface area contributed by atoms with Crippen molar-refractivity contribution in [1.82, 2.24) is 34.4 Å². The average Bonchev–Trinajstić information content (AvgIpc) is 3.75. The lowest BCUT2D eigenvalue weighted by Gasteiger charge is -2.11. The summed E-state index contributed by atoms with van der Waals surface area (Å²) >= 11 is 0. The highest BCUT2D eigenvalue weighted by Gasteiger charge is 2.31. The number of pyridine rings is 2. The third kappa shape index (κ3) is 5.36. The van der Waals surface area contributed by atoms with Crippen molar-refractivity contribution in [3.8, 4) is 11.4 Å². The smallest absolute Gasteiger partial charge is 0.330 e. The van der Waals surface area contributed by atoms with Crippen LogP contribution in [-0.2, 0) is 19.6 Å². The summed E-state index contributed by atoms with van der Waals surface area (Å²) in [6.07, 6.45) is 4.85. The SMILES string of the molecule is CCn1c(=O)[nH]c(=O)c2nc(-c3ccc(NCc4ccc(CNC(=O)c5ccc(F)nc5)cc4)nc3)n(C3CC3)c21. The van der Waals surface area contributed by atoms with E-state index in [1.807, 2.05) is 47.9 Å². The molecule has 0 atom stereocenters. The molecular formula is C29H27FN8O3. The van der Waals surface area contributed by atoms with Crippen molar-refractivity contribution in [2.75, 3.05) is 5.32 Å². The van der Waals surface area contributed by atoms with Crippen LogP contribution < -0.4 is 21.9 Å². The summed E-state index contributed by atoms with van der Waals surface area (Å²) in [7, 11) is 0. The number of aromatic amines is 1. The Bertz CT molecular complexity index is 1840. The van der Waals surface area contributed by atoms with Crippen LogP contribution in [0.5, 0.6) is 0 Å². The number of benzene rings is 1. The molecule has 0 spiro atoms. The summed E-state index contributed by atoms with van der Waals surface area (Å²) in [4.78, 5) is 52.2. The van der Waals surface area contributed by atoms with Crippen LogP contribution in [0.2, 0.25) is 0 Å². The Balaban J connectivity index is 1.12. The fourth-order valence-electron chi connectivity index (χ4n) is 4.72. The van der Waals surface area contributed by atoms with Gasteiger partial charge in [-0.05, 0) is 55.2 Å². The van der Waals surface area contributed by atoms with Crippen molar-refractivity contribution in [1.29, 1.82) is 0 Å². The molecule has 6 rings (SSSR count). The number of carbonyl (C=O) groups is 1. The molecule has 5 aromatic rings. The summed E-state index contributed by atoms with van der Waals surface area (Å²) in [5.41, 5.74) is 2.90. The van der Waals surface area contributed by atoms with Gasteiger partial charge in [-0.3, -0.25) is 19.1 Å².